The van der Waals surface area contributed by atoms with Gasteiger partial charge in [0.15, 0.2) is 0 Å². The molecule has 1 saturated carbocycles. The zero-order valence-corrected chi connectivity index (χ0v) is 12.5. The zero-order chi connectivity index (χ0) is 14.6. The Kier molecular flexibility index (Phi) is 5.04. The van der Waals surface area contributed by atoms with Crippen LogP contribution in [-0.4, -0.2) is 43.5 Å². The number of carboxylic acid groups (broad SMARTS) is 1. The quantitative estimate of drug-likeness (QED) is 0.763. The van der Waals surface area contributed by atoms with Gasteiger partial charge in [-0.3, -0.25) is 4.79 Å². The van der Waals surface area contributed by atoms with E-state index in [0.717, 1.165) is 25.7 Å². The van der Waals surface area contributed by atoms with Crippen molar-refractivity contribution in [3.8, 4) is 0 Å². The van der Waals surface area contributed by atoms with E-state index < -0.39 is 26.8 Å². The van der Waals surface area contributed by atoms with E-state index in [0.29, 0.717) is 38.9 Å². The molecule has 116 valence electrons. The molecule has 0 atom stereocenters. The number of aliphatic carboxylic acids is 1. The van der Waals surface area contributed by atoms with Crippen molar-refractivity contribution in [1.29, 1.82) is 0 Å². The predicted molar refractivity (Wildman–Crippen MR) is 74.0 cm³/mol. The molecule has 0 spiro atoms. The van der Waals surface area contributed by atoms with Crippen LogP contribution in [0, 0.1) is 0 Å². The molecule has 2 N–H and O–H groups in total. The van der Waals surface area contributed by atoms with Crippen molar-refractivity contribution in [2.45, 2.75) is 62.2 Å². The molecule has 1 aliphatic carbocycles. The van der Waals surface area contributed by atoms with Crippen molar-refractivity contribution in [2.24, 2.45) is 0 Å². The van der Waals surface area contributed by atoms with Crippen molar-refractivity contribution in [1.82, 2.24) is 4.72 Å². The minimum absolute atomic E-state index is 0.380. The lowest BCUT2D eigenvalue weighted by Crippen LogP contribution is -2.56. The van der Waals surface area contributed by atoms with Gasteiger partial charge in [-0.15, -0.1) is 0 Å². The second kappa shape index (κ2) is 6.41. The third kappa shape index (κ3) is 3.51. The zero-order valence-electron chi connectivity index (χ0n) is 11.6. The van der Waals surface area contributed by atoms with E-state index in [1.165, 1.54) is 0 Å². The molecule has 2 fully saturated rings. The van der Waals surface area contributed by atoms with Gasteiger partial charge >= 0.3 is 5.97 Å². The number of carbonyl (C=O) groups is 1. The third-order valence-electron chi connectivity index (χ3n) is 4.31. The Morgan fingerprint density at radius 3 is 2.15 bits per heavy atom. The SMILES string of the molecule is O=C(O)C1(NS(=O)(=O)C2CCOCC2)CCCCCC1. The average molecular weight is 305 g/mol. The highest BCUT2D eigenvalue weighted by Gasteiger charge is 2.44. The Labute approximate surface area is 119 Å². The molecule has 0 aromatic rings. The normalized spacial score (nSPS) is 25.0. The van der Waals surface area contributed by atoms with Crippen LogP contribution in [0.1, 0.15) is 51.4 Å². The summed E-state index contributed by atoms with van der Waals surface area (Å²) < 4.78 is 32.6. The van der Waals surface area contributed by atoms with Gasteiger partial charge in [0.25, 0.3) is 0 Å². The van der Waals surface area contributed by atoms with E-state index in [9.17, 15) is 18.3 Å². The number of hydrogen-bond donors (Lipinski definition) is 2. The first-order chi connectivity index (χ1) is 9.46. The summed E-state index contributed by atoms with van der Waals surface area (Å²) >= 11 is 0. The van der Waals surface area contributed by atoms with Gasteiger partial charge in [-0.1, -0.05) is 25.7 Å². The number of carboxylic acids is 1. The van der Waals surface area contributed by atoms with Gasteiger partial charge in [0, 0.05) is 13.2 Å². The van der Waals surface area contributed by atoms with Crippen LogP contribution in [0.2, 0.25) is 0 Å². The van der Waals surface area contributed by atoms with Crippen molar-refractivity contribution in [3.05, 3.63) is 0 Å². The molecule has 20 heavy (non-hydrogen) atoms. The number of hydrogen-bond acceptors (Lipinski definition) is 4. The van der Waals surface area contributed by atoms with Gasteiger partial charge in [-0.05, 0) is 25.7 Å². The fourth-order valence-electron chi connectivity index (χ4n) is 3.03. The lowest BCUT2D eigenvalue weighted by Gasteiger charge is -2.32. The number of nitrogens with one attached hydrogen (secondary N) is 1. The second-order valence-corrected chi connectivity index (χ2v) is 7.72. The Hall–Kier alpha value is -0.660. The first-order valence-electron chi connectivity index (χ1n) is 7.30. The van der Waals surface area contributed by atoms with Gasteiger partial charge in [-0.25, -0.2) is 8.42 Å². The van der Waals surface area contributed by atoms with E-state index in [-0.39, 0.29) is 0 Å². The Balaban J connectivity index is 2.16. The van der Waals surface area contributed by atoms with Crippen molar-refractivity contribution in [3.63, 3.8) is 0 Å². The summed E-state index contributed by atoms with van der Waals surface area (Å²) in [4.78, 5) is 11.6. The smallest absolute Gasteiger partial charge is 0.324 e. The van der Waals surface area contributed by atoms with Crippen LogP contribution in [0.4, 0.5) is 0 Å². The largest absolute Gasteiger partial charge is 0.480 e. The second-order valence-electron chi connectivity index (χ2n) is 5.76. The monoisotopic (exact) mass is 305 g/mol. The van der Waals surface area contributed by atoms with E-state index in [1.807, 2.05) is 0 Å². The maximum atomic E-state index is 12.4. The molecule has 0 bridgehead atoms. The maximum absolute atomic E-state index is 12.4. The standard InChI is InChI=1S/C13H23NO5S/c15-12(16)13(7-3-1-2-4-8-13)14-20(17,18)11-5-9-19-10-6-11/h11,14H,1-10H2,(H,15,16). The van der Waals surface area contributed by atoms with Crippen LogP contribution in [0.5, 0.6) is 0 Å². The molecule has 6 nitrogen and oxygen atoms in total. The van der Waals surface area contributed by atoms with Crippen LogP contribution in [0.3, 0.4) is 0 Å². The van der Waals surface area contributed by atoms with Gasteiger partial charge in [-0.2, -0.15) is 4.72 Å². The van der Waals surface area contributed by atoms with Crippen LogP contribution < -0.4 is 4.72 Å². The van der Waals surface area contributed by atoms with Crippen LogP contribution in [0.15, 0.2) is 0 Å². The number of ether oxygens (including phenoxy) is 1. The molecule has 2 rings (SSSR count). The van der Waals surface area contributed by atoms with Gasteiger partial charge < -0.3 is 9.84 Å². The summed E-state index contributed by atoms with van der Waals surface area (Å²) in [5.41, 5.74) is -1.31. The molecular weight excluding hydrogens is 282 g/mol. The molecule has 1 aliphatic heterocycles. The molecule has 0 aromatic heterocycles. The van der Waals surface area contributed by atoms with E-state index >= 15 is 0 Å². The fraction of sp³-hybridized carbons (Fsp3) is 0.923. The first kappa shape index (κ1) is 15.7. The molecule has 1 saturated heterocycles. The summed E-state index contributed by atoms with van der Waals surface area (Å²) in [6.45, 7) is 0.845. The molecule has 0 amide bonds. The van der Waals surface area contributed by atoms with Crippen molar-refractivity contribution in [2.75, 3.05) is 13.2 Å². The summed E-state index contributed by atoms with van der Waals surface area (Å²) in [5, 5.41) is 8.99. The lowest BCUT2D eigenvalue weighted by molar-refractivity contribution is -0.144. The maximum Gasteiger partial charge on any atom is 0.324 e. The van der Waals surface area contributed by atoms with Crippen molar-refractivity contribution < 1.29 is 23.1 Å². The average Bonchev–Trinajstić information content (AvgIpc) is 2.66. The summed E-state index contributed by atoms with van der Waals surface area (Å²) in [5.74, 6) is -1.05. The molecule has 2 aliphatic rings. The van der Waals surface area contributed by atoms with Gasteiger partial charge in [0.1, 0.15) is 5.54 Å². The van der Waals surface area contributed by atoms with E-state index in [2.05, 4.69) is 4.72 Å². The van der Waals surface area contributed by atoms with Crippen LogP contribution in [0.25, 0.3) is 0 Å². The molecular formula is C13H23NO5S. The molecule has 0 unspecified atom stereocenters. The highest BCUT2D eigenvalue weighted by Crippen LogP contribution is 2.29. The van der Waals surface area contributed by atoms with E-state index in [1.54, 1.807) is 0 Å². The Morgan fingerprint density at radius 2 is 1.65 bits per heavy atom. The number of rotatable bonds is 4. The highest BCUT2D eigenvalue weighted by molar-refractivity contribution is 7.90. The third-order valence-corrected chi connectivity index (χ3v) is 6.34. The Morgan fingerprint density at radius 1 is 1.10 bits per heavy atom. The highest BCUT2D eigenvalue weighted by atomic mass is 32.2. The first-order valence-corrected chi connectivity index (χ1v) is 8.85. The summed E-state index contributed by atoms with van der Waals surface area (Å²) in [6, 6.07) is 0. The predicted octanol–water partition coefficient (Wildman–Crippen LogP) is 1.26. The lowest BCUT2D eigenvalue weighted by atomic mass is 9.92. The van der Waals surface area contributed by atoms with Gasteiger partial charge in [0.05, 0.1) is 5.25 Å². The van der Waals surface area contributed by atoms with Crippen LogP contribution >= 0.6 is 0 Å². The molecule has 7 heteroatoms. The Bertz CT molecular complexity index is 434. The van der Waals surface area contributed by atoms with Gasteiger partial charge in [0.2, 0.25) is 10.0 Å². The summed E-state index contributed by atoms with van der Waals surface area (Å²) in [7, 11) is -3.61. The molecule has 0 radical (unpaired) electrons. The summed E-state index contributed by atoms with van der Waals surface area (Å²) in [6.07, 6.45) is 5.07. The van der Waals surface area contributed by atoms with Crippen LogP contribution in [-0.2, 0) is 19.6 Å². The minimum Gasteiger partial charge on any atom is -0.480 e. The topological polar surface area (TPSA) is 92.7 Å². The molecule has 1 heterocycles. The van der Waals surface area contributed by atoms with E-state index in [4.69, 9.17) is 4.74 Å². The van der Waals surface area contributed by atoms with Crippen molar-refractivity contribution >= 4 is 16.0 Å². The number of sulfonamides is 1. The minimum atomic E-state index is -3.61. The molecule has 0 aromatic carbocycles. The fourth-order valence-corrected chi connectivity index (χ4v) is 4.85.